The van der Waals surface area contributed by atoms with Gasteiger partial charge in [-0.15, -0.1) is 10.2 Å². The quantitative estimate of drug-likeness (QED) is 0.616. The molecule has 0 fully saturated rings. The SMILES string of the molecule is COc1cc(-c2nnc(Cn3cc(C(F)(F)F)ccc3=O)o2)cc(OC)c1OC. The first-order chi connectivity index (χ1) is 13.8. The van der Waals surface area contributed by atoms with Crippen LogP contribution in [0, 0.1) is 0 Å². The third-order valence-corrected chi connectivity index (χ3v) is 3.99. The fourth-order valence-corrected chi connectivity index (χ4v) is 2.61. The molecule has 29 heavy (non-hydrogen) atoms. The van der Waals surface area contributed by atoms with E-state index < -0.39 is 17.3 Å². The van der Waals surface area contributed by atoms with Crippen LogP contribution in [-0.2, 0) is 12.7 Å². The highest BCUT2D eigenvalue weighted by Gasteiger charge is 2.31. The van der Waals surface area contributed by atoms with Crippen LogP contribution >= 0.6 is 0 Å². The Morgan fingerprint density at radius 1 is 1.03 bits per heavy atom. The Labute approximate surface area is 162 Å². The van der Waals surface area contributed by atoms with E-state index in [1.54, 1.807) is 12.1 Å². The van der Waals surface area contributed by atoms with Gasteiger partial charge in [0.15, 0.2) is 11.5 Å². The normalized spacial score (nSPS) is 11.4. The third-order valence-electron chi connectivity index (χ3n) is 3.99. The summed E-state index contributed by atoms with van der Waals surface area (Å²) in [5.41, 5.74) is -1.15. The summed E-state index contributed by atoms with van der Waals surface area (Å²) in [5.74, 6) is 1.11. The second-order valence-corrected chi connectivity index (χ2v) is 5.80. The summed E-state index contributed by atoms with van der Waals surface area (Å²) in [6.45, 7) is -0.319. The van der Waals surface area contributed by atoms with Crippen LogP contribution in [-0.4, -0.2) is 36.1 Å². The van der Waals surface area contributed by atoms with E-state index in [2.05, 4.69) is 10.2 Å². The van der Waals surface area contributed by atoms with Crippen molar-refractivity contribution in [3.63, 3.8) is 0 Å². The van der Waals surface area contributed by atoms with E-state index in [0.29, 0.717) is 35.1 Å². The summed E-state index contributed by atoms with van der Waals surface area (Å²) in [5, 5.41) is 7.69. The summed E-state index contributed by atoms with van der Waals surface area (Å²) in [6.07, 6.45) is -3.88. The van der Waals surface area contributed by atoms with Gasteiger partial charge in [-0.25, -0.2) is 0 Å². The van der Waals surface area contributed by atoms with Crippen LogP contribution in [0.1, 0.15) is 11.5 Å². The van der Waals surface area contributed by atoms with Gasteiger partial charge < -0.3 is 23.2 Å². The molecule has 0 bridgehead atoms. The first-order valence-electron chi connectivity index (χ1n) is 8.17. The van der Waals surface area contributed by atoms with Crippen LogP contribution in [0.25, 0.3) is 11.5 Å². The predicted octanol–water partition coefficient (Wildman–Crippen LogP) is 2.99. The number of methoxy groups -OCH3 is 3. The Morgan fingerprint density at radius 3 is 2.24 bits per heavy atom. The van der Waals surface area contributed by atoms with E-state index in [9.17, 15) is 18.0 Å². The average Bonchev–Trinajstić information content (AvgIpc) is 3.16. The molecule has 0 N–H and O–H groups in total. The van der Waals surface area contributed by atoms with E-state index in [1.807, 2.05) is 0 Å². The van der Waals surface area contributed by atoms with Crippen molar-refractivity contribution >= 4 is 0 Å². The number of nitrogens with zero attached hydrogens (tertiary/aromatic N) is 3. The molecule has 3 aromatic rings. The minimum atomic E-state index is -4.58. The van der Waals surface area contributed by atoms with Gasteiger partial charge in [0.1, 0.15) is 6.54 Å². The second-order valence-electron chi connectivity index (χ2n) is 5.80. The van der Waals surface area contributed by atoms with Gasteiger partial charge in [0, 0.05) is 17.8 Å². The highest BCUT2D eigenvalue weighted by atomic mass is 19.4. The lowest BCUT2D eigenvalue weighted by molar-refractivity contribution is -0.138. The molecule has 0 unspecified atom stereocenters. The fraction of sp³-hybridized carbons (Fsp3) is 0.278. The van der Waals surface area contributed by atoms with Crippen molar-refractivity contribution < 1.29 is 31.8 Å². The molecular weight excluding hydrogens is 395 g/mol. The number of hydrogen-bond donors (Lipinski definition) is 0. The molecule has 2 heterocycles. The minimum absolute atomic E-state index is 0.0461. The number of alkyl halides is 3. The van der Waals surface area contributed by atoms with Gasteiger partial charge in [-0.05, 0) is 18.2 Å². The molecule has 2 aromatic heterocycles. The van der Waals surface area contributed by atoms with Crippen LogP contribution in [0.2, 0.25) is 0 Å². The Hall–Kier alpha value is -3.50. The van der Waals surface area contributed by atoms with Crippen molar-refractivity contribution in [1.82, 2.24) is 14.8 Å². The molecule has 0 aliphatic rings. The molecule has 0 atom stereocenters. The molecule has 0 aliphatic carbocycles. The van der Waals surface area contributed by atoms with Crippen molar-refractivity contribution in [1.29, 1.82) is 0 Å². The Morgan fingerprint density at radius 2 is 1.69 bits per heavy atom. The number of hydrogen-bond acceptors (Lipinski definition) is 7. The van der Waals surface area contributed by atoms with Gasteiger partial charge >= 0.3 is 6.18 Å². The molecule has 0 saturated heterocycles. The lowest BCUT2D eigenvalue weighted by atomic mass is 10.2. The standard InChI is InChI=1S/C18H16F3N3O5/c1-26-12-6-10(7-13(27-2)16(12)28-3)17-23-22-14(29-17)9-24-8-11(18(19,20)21)4-5-15(24)25/h4-8H,9H2,1-3H3. The van der Waals surface area contributed by atoms with Crippen molar-refractivity contribution in [2.75, 3.05) is 21.3 Å². The highest BCUT2D eigenvalue weighted by Crippen LogP contribution is 2.40. The average molecular weight is 411 g/mol. The number of halogens is 3. The Kier molecular flexibility index (Phi) is 5.48. The first kappa shape index (κ1) is 20.2. The topological polar surface area (TPSA) is 88.6 Å². The van der Waals surface area contributed by atoms with Gasteiger partial charge in [-0.1, -0.05) is 0 Å². The molecular formula is C18H16F3N3O5. The molecule has 0 amide bonds. The van der Waals surface area contributed by atoms with E-state index in [1.165, 1.54) is 21.3 Å². The molecule has 154 valence electrons. The summed E-state index contributed by atoms with van der Waals surface area (Å²) in [6, 6.07) is 4.71. The maximum atomic E-state index is 12.9. The number of ether oxygens (including phenoxy) is 3. The largest absolute Gasteiger partial charge is 0.493 e. The van der Waals surface area contributed by atoms with Crippen LogP contribution < -0.4 is 19.8 Å². The third kappa shape index (κ3) is 4.18. The van der Waals surface area contributed by atoms with Gasteiger partial charge in [0.2, 0.25) is 17.5 Å². The van der Waals surface area contributed by atoms with Gasteiger partial charge in [-0.2, -0.15) is 13.2 Å². The van der Waals surface area contributed by atoms with Crippen molar-refractivity contribution in [2.24, 2.45) is 0 Å². The zero-order valence-corrected chi connectivity index (χ0v) is 15.6. The lowest BCUT2D eigenvalue weighted by Crippen LogP contribution is -2.22. The number of pyridine rings is 1. The summed E-state index contributed by atoms with van der Waals surface area (Å²) >= 11 is 0. The number of rotatable bonds is 6. The maximum absolute atomic E-state index is 12.9. The van der Waals surface area contributed by atoms with E-state index in [4.69, 9.17) is 18.6 Å². The summed E-state index contributed by atoms with van der Waals surface area (Å²) in [7, 11) is 4.35. The zero-order chi connectivity index (χ0) is 21.2. The molecule has 0 aliphatic heterocycles. The van der Waals surface area contributed by atoms with Gasteiger partial charge in [-0.3, -0.25) is 4.79 Å². The van der Waals surface area contributed by atoms with Crippen LogP contribution in [0.5, 0.6) is 17.2 Å². The van der Waals surface area contributed by atoms with Crippen LogP contribution in [0.3, 0.4) is 0 Å². The minimum Gasteiger partial charge on any atom is -0.493 e. The fourth-order valence-electron chi connectivity index (χ4n) is 2.61. The first-order valence-corrected chi connectivity index (χ1v) is 8.17. The molecule has 0 spiro atoms. The predicted molar refractivity (Wildman–Crippen MR) is 94.2 cm³/mol. The van der Waals surface area contributed by atoms with E-state index in [0.717, 1.165) is 10.6 Å². The summed E-state index contributed by atoms with van der Waals surface area (Å²) in [4.78, 5) is 11.9. The molecule has 0 radical (unpaired) electrons. The maximum Gasteiger partial charge on any atom is 0.417 e. The van der Waals surface area contributed by atoms with E-state index >= 15 is 0 Å². The molecule has 0 saturated carbocycles. The Bertz CT molecular complexity index is 1050. The molecule has 8 nitrogen and oxygen atoms in total. The lowest BCUT2D eigenvalue weighted by Gasteiger charge is -2.12. The molecule has 1 aromatic carbocycles. The molecule has 11 heteroatoms. The van der Waals surface area contributed by atoms with E-state index in [-0.39, 0.29) is 18.3 Å². The second kappa shape index (κ2) is 7.86. The smallest absolute Gasteiger partial charge is 0.417 e. The van der Waals surface area contributed by atoms with Crippen LogP contribution in [0.4, 0.5) is 13.2 Å². The highest BCUT2D eigenvalue weighted by molar-refractivity contribution is 5.65. The van der Waals surface area contributed by atoms with Gasteiger partial charge in [0.05, 0.1) is 26.9 Å². The van der Waals surface area contributed by atoms with Crippen molar-refractivity contribution in [3.8, 4) is 28.7 Å². The monoisotopic (exact) mass is 411 g/mol. The van der Waals surface area contributed by atoms with Gasteiger partial charge in [0.25, 0.3) is 5.56 Å². The number of benzene rings is 1. The number of aromatic nitrogens is 3. The Balaban J connectivity index is 1.94. The van der Waals surface area contributed by atoms with Crippen LogP contribution in [0.15, 0.2) is 39.7 Å². The van der Waals surface area contributed by atoms with Crippen molar-refractivity contribution in [3.05, 3.63) is 52.3 Å². The zero-order valence-electron chi connectivity index (χ0n) is 15.6. The molecule has 3 rings (SSSR count). The van der Waals surface area contributed by atoms with Crippen molar-refractivity contribution in [2.45, 2.75) is 12.7 Å². The summed E-state index contributed by atoms with van der Waals surface area (Å²) < 4.78 is 60.7.